The van der Waals surface area contributed by atoms with Crippen molar-refractivity contribution in [2.24, 2.45) is 0 Å². The molecule has 1 aromatic carbocycles. The molecule has 0 radical (unpaired) electrons. The maximum Gasteiger partial charge on any atom is 0.249 e. The number of hydrogen-bond acceptors (Lipinski definition) is 4. The number of carbonyl (C=O) groups is 1. The van der Waals surface area contributed by atoms with E-state index in [0.717, 1.165) is 11.3 Å². The van der Waals surface area contributed by atoms with Crippen LogP contribution in [0.4, 0.5) is 0 Å². The van der Waals surface area contributed by atoms with E-state index in [1.54, 1.807) is 29.2 Å². The molecule has 3 aromatic rings. The minimum atomic E-state index is -0.514. The Hall–Kier alpha value is -2.89. The normalized spacial score (nSPS) is 12.0. The van der Waals surface area contributed by atoms with Crippen LogP contribution < -0.4 is 5.32 Å². The van der Waals surface area contributed by atoms with Crippen LogP contribution in [0.1, 0.15) is 23.1 Å². The lowest BCUT2D eigenvalue weighted by Gasteiger charge is -2.17. The molecule has 3 rings (SSSR count). The third kappa shape index (κ3) is 3.06. The molecule has 0 spiro atoms. The van der Waals surface area contributed by atoms with Gasteiger partial charge in [0, 0.05) is 18.5 Å². The van der Waals surface area contributed by atoms with E-state index in [1.807, 2.05) is 37.3 Å². The number of rotatable bonds is 5. The smallest absolute Gasteiger partial charge is 0.249 e. The molecule has 6 heteroatoms. The maximum absolute atomic E-state index is 12.6. The first kappa shape index (κ1) is 14.1. The van der Waals surface area contributed by atoms with Crippen molar-refractivity contribution in [2.45, 2.75) is 19.5 Å². The van der Waals surface area contributed by atoms with Gasteiger partial charge < -0.3 is 9.84 Å². The van der Waals surface area contributed by atoms with Crippen LogP contribution >= 0.6 is 0 Å². The Morgan fingerprint density at radius 2 is 2.14 bits per heavy atom. The van der Waals surface area contributed by atoms with Gasteiger partial charge in [0.1, 0.15) is 0 Å². The van der Waals surface area contributed by atoms with Crippen molar-refractivity contribution in [2.75, 3.05) is 0 Å². The molecule has 1 amide bonds. The van der Waals surface area contributed by atoms with Crippen LogP contribution in [-0.4, -0.2) is 20.8 Å². The number of nitrogens with one attached hydrogen (secondary N) is 1. The molecule has 112 valence electrons. The van der Waals surface area contributed by atoms with Gasteiger partial charge in [-0.05, 0) is 18.6 Å². The molecule has 0 aliphatic heterocycles. The predicted molar refractivity (Wildman–Crippen MR) is 79.9 cm³/mol. The zero-order chi connectivity index (χ0) is 15.4. The molecule has 0 fully saturated rings. The van der Waals surface area contributed by atoms with E-state index in [-0.39, 0.29) is 5.91 Å². The van der Waals surface area contributed by atoms with Crippen LogP contribution in [0.15, 0.2) is 59.4 Å². The molecule has 1 N–H and O–H groups in total. The largest absolute Gasteiger partial charge is 0.359 e. The van der Waals surface area contributed by atoms with E-state index in [2.05, 4.69) is 15.6 Å². The van der Waals surface area contributed by atoms with Crippen LogP contribution in [-0.2, 0) is 11.3 Å². The predicted octanol–water partition coefficient (Wildman–Crippen LogP) is 2.09. The topological polar surface area (TPSA) is 73.0 Å². The average Bonchev–Trinajstić information content (AvgIpc) is 3.18. The monoisotopic (exact) mass is 296 g/mol. The fourth-order valence-electron chi connectivity index (χ4n) is 2.26. The van der Waals surface area contributed by atoms with Gasteiger partial charge in [-0.3, -0.25) is 9.48 Å². The van der Waals surface area contributed by atoms with Gasteiger partial charge in [-0.2, -0.15) is 5.10 Å². The van der Waals surface area contributed by atoms with Gasteiger partial charge in [0.05, 0.1) is 12.2 Å². The zero-order valence-corrected chi connectivity index (χ0v) is 12.1. The first-order valence-corrected chi connectivity index (χ1v) is 6.98. The summed E-state index contributed by atoms with van der Waals surface area (Å²) < 4.78 is 6.74. The molecule has 2 aromatic heterocycles. The van der Waals surface area contributed by atoms with Gasteiger partial charge in [0.2, 0.25) is 5.91 Å². The quantitative estimate of drug-likeness (QED) is 0.782. The Morgan fingerprint density at radius 3 is 2.77 bits per heavy atom. The SMILES string of the molecule is Cc1cc(CNC(=O)[C@@H](c2ccccc2)n2cccn2)on1. The third-order valence-electron chi connectivity index (χ3n) is 3.27. The van der Waals surface area contributed by atoms with Crippen molar-refractivity contribution in [3.8, 4) is 0 Å². The van der Waals surface area contributed by atoms with Gasteiger partial charge in [0.15, 0.2) is 11.8 Å². The molecule has 6 nitrogen and oxygen atoms in total. The highest BCUT2D eigenvalue weighted by Crippen LogP contribution is 2.17. The van der Waals surface area contributed by atoms with Gasteiger partial charge in [-0.1, -0.05) is 35.5 Å². The zero-order valence-electron chi connectivity index (χ0n) is 12.1. The third-order valence-corrected chi connectivity index (χ3v) is 3.27. The van der Waals surface area contributed by atoms with Crippen LogP contribution in [0.25, 0.3) is 0 Å². The summed E-state index contributed by atoms with van der Waals surface area (Å²) in [5, 5.41) is 10.9. The molecule has 0 aliphatic rings. The second-order valence-corrected chi connectivity index (χ2v) is 4.95. The van der Waals surface area contributed by atoms with Crippen LogP contribution in [0, 0.1) is 6.92 Å². The highest BCUT2D eigenvalue weighted by atomic mass is 16.5. The van der Waals surface area contributed by atoms with E-state index in [4.69, 9.17) is 4.52 Å². The number of hydrogen-bond donors (Lipinski definition) is 1. The summed E-state index contributed by atoms with van der Waals surface area (Å²) in [6, 6.07) is 12.6. The number of nitrogens with zero attached hydrogens (tertiary/aromatic N) is 3. The fourth-order valence-corrected chi connectivity index (χ4v) is 2.26. The lowest BCUT2D eigenvalue weighted by molar-refractivity contribution is -0.123. The van der Waals surface area contributed by atoms with E-state index >= 15 is 0 Å². The Morgan fingerprint density at radius 1 is 1.32 bits per heavy atom. The van der Waals surface area contributed by atoms with Crippen LogP contribution in [0.5, 0.6) is 0 Å². The van der Waals surface area contributed by atoms with Gasteiger partial charge in [-0.25, -0.2) is 0 Å². The van der Waals surface area contributed by atoms with Crippen LogP contribution in [0.3, 0.4) is 0 Å². The van der Waals surface area contributed by atoms with Crippen molar-refractivity contribution in [1.82, 2.24) is 20.3 Å². The summed E-state index contributed by atoms with van der Waals surface area (Å²) in [6.07, 6.45) is 3.43. The Labute approximate surface area is 127 Å². The van der Waals surface area contributed by atoms with Crippen molar-refractivity contribution in [3.05, 3.63) is 71.9 Å². The van der Waals surface area contributed by atoms with Crippen molar-refractivity contribution >= 4 is 5.91 Å². The van der Waals surface area contributed by atoms with Crippen LogP contribution in [0.2, 0.25) is 0 Å². The van der Waals surface area contributed by atoms with Gasteiger partial charge in [-0.15, -0.1) is 0 Å². The summed E-state index contributed by atoms with van der Waals surface area (Å²) in [7, 11) is 0. The van der Waals surface area contributed by atoms with Crippen molar-refractivity contribution in [3.63, 3.8) is 0 Å². The van der Waals surface area contributed by atoms with Gasteiger partial charge in [0.25, 0.3) is 0 Å². The maximum atomic E-state index is 12.6. The molecule has 0 bridgehead atoms. The van der Waals surface area contributed by atoms with E-state index in [1.165, 1.54) is 0 Å². The summed E-state index contributed by atoms with van der Waals surface area (Å²) in [6.45, 7) is 2.13. The summed E-state index contributed by atoms with van der Waals surface area (Å²) >= 11 is 0. The number of amides is 1. The van der Waals surface area contributed by atoms with E-state index in [0.29, 0.717) is 12.3 Å². The Balaban J connectivity index is 1.78. The van der Waals surface area contributed by atoms with E-state index in [9.17, 15) is 4.79 Å². The molecule has 2 heterocycles. The molecule has 22 heavy (non-hydrogen) atoms. The molecule has 0 saturated heterocycles. The standard InChI is InChI=1S/C16H16N4O2/c1-12-10-14(22-19-12)11-17-16(21)15(20-9-5-8-18-20)13-6-3-2-4-7-13/h2-10,15H,11H2,1H3,(H,17,21)/t15-/m1/s1. The molecule has 0 unspecified atom stereocenters. The second kappa shape index (κ2) is 6.26. The first-order valence-electron chi connectivity index (χ1n) is 6.98. The lowest BCUT2D eigenvalue weighted by atomic mass is 10.1. The van der Waals surface area contributed by atoms with Gasteiger partial charge >= 0.3 is 0 Å². The number of benzene rings is 1. The fraction of sp³-hybridized carbons (Fsp3) is 0.188. The molecular weight excluding hydrogens is 280 g/mol. The molecule has 0 aliphatic carbocycles. The molecule has 0 saturated carbocycles. The van der Waals surface area contributed by atoms with Crippen molar-refractivity contribution in [1.29, 1.82) is 0 Å². The molecular formula is C16H16N4O2. The second-order valence-electron chi connectivity index (χ2n) is 4.95. The Bertz CT molecular complexity index is 735. The number of aromatic nitrogens is 3. The minimum absolute atomic E-state index is 0.149. The Kier molecular flexibility index (Phi) is 4.00. The average molecular weight is 296 g/mol. The van der Waals surface area contributed by atoms with E-state index < -0.39 is 6.04 Å². The highest BCUT2D eigenvalue weighted by Gasteiger charge is 2.22. The summed E-state index contributed by atoms with van der Waals surface area (Å²) in [4.78, 5) is 12.6. The highest BCUT2D eigenvalue weighted by molar-refractivity contribution is 5.83. The molecule has 1 atom stereocenters. The first-order chi connectivity index (χ1) is 10.7. The number of carbonyl (C=O) groups excluding carboxylic acids is 1. The van der Waals surface area contributed by atoms with Crippen molar-refractivity contribution < 1.29 is 9.32 Å². The summed E-state index contributed by atoms with van der Waals surface area (Å²) in [5.74, 6) is 0.474. The minimum Gasteiger partial charge on any atom is -0.359 e. The summed E-state index contributed by atoms with van der Waals surface area (Å²) in [5.41, 5.74) is 1.66. The number of aryl methyl sites for hydroxylation is 1. The lowest BCUT2D eigenvalue weighted by Crippen LogP contribution is -2.33.